The van der Waals surface area contributed by atoms with E-state index < -0.39 is 0 Å². The van der Waals surface area contributed by atoms with Gasteiger partial charge in [-0.25, -0.2) is 4.79 Å². The molecular formula is C10H17N3O. The largest absolute Gasteiger partial charge is 0.347 e. The molecule has 0 aliphatic carbocycles. The van der Waals surface area contributed by atoms with Gasteiger partial charge in [-0.05, 0) is 39.3 Å². The maximum absolute atomic E-state index is 11.5. The van der Waals surface area contributed by atoms with E-state index in [1.807, 2.05) is 19.9 Å². The van der Waals surface area contributed by atoms with E-state index in [4.69, 9.17) is 5.73 Å². The molecule has 1 heterocycles. The number of aryl methyl sites for hydroxylation is 2. The van der Waals surface area contributed by atoms with Gasteiger partial charge in [0.2, 0.25) is 0 Å². The van der Waals surface area contributed by atoms with Crippen LogP contribution < -0.4 is 11.4 Å². The summed E-state index contributed by atoms with van der Waals surface area (Å²) in [5.41, 5.74) is 6.99. The van der Waals surface area contributed by atoms with Crippen molar-refractivity contribution in [3.05, 3.63) is 27.9 Å². The first-order chi connectivity index (χ1) is 6.65. The van der Waals surface area contributed by atoms with E-state index in [1.165, 1.54) is 0 Å². The molecule has 0 unspecified atom stereocenters. The van der Waals surface area contributed by atoms with E-state index in [9.17, 15) is 4.79 Å². The Morgan fingerprint density at radius 3 is 2.71 bits per heavy atom. The van der Waals surface area contributed by atoms with Gasteiger partial charge in [0, 0.05) is 17.9 Å². The lowest BCUT2D eigenvalue weighted by Gasteiger charge is -2.08. The predicted octanol–water partition coefficient (Wildman–Crippen LogP) is 0.599. The normalized spacial score (nSPS) is 10.5. The predicted molar refractivity (Wildman–Crippen MR) is 56.3 cm³/mol. The van der Waals surface area contributed by atoms with Crippen molar-refractivity contribution in [2.75, 3.05) is 6.54 Å². The summed E-state index contributed by atoms with van der Waals surface area (Å²) in [5, 5.41) is 0. The number of nitrogens with zero attached hydrogens (tertiary/aromatic N) is 2. The minimum atomic E-state index is -0.153. The Kier molecular flexibility index (Phi) is 3.83. The molecule has 0 bridgehead atoms. The Bertz CT molecular complexity index is 357. The van der Waals surface area contributed by atoms with Crippen molar-refractivity contribution < 1.29 is 0 Å². The molecule has 1 aromatic rings. The first-order valence-electron chi connectivity index (χ1n) is 4.90. The minimum Gasteiger partial charge on any atom is -0.330 e. The molecular weight excluding hydrogens is 178 g/mol. The van der Waals surface area contributed by atoms with E-state index in [1.54, 1.807) is 4.57 Å². The van der Waals surface area contributed by atoms with Gasteiger partial charge >= 0.3 is 5.69 Å². The van der Waals surface area contributed by atoms with Crippen molar-refractivity contribution in [2.45, 2.75) is 33.2 Å². The van der Waals surface area contributed by atoms with Crippen LogP contribution in [0.5, 0.6) is 0 Å². The third kappa shape index (κ3) is 2.67. The number of rotatable bonds is 4. The molecule has 0 spiro atoms. The van der Waals surface area contributed by atoms with Crippen LogP contribution in [0.15, 0.2) is 10.9 Å². The molecule has 0 radical (unpaired) electrons. The highest BCUT2D eigenvalue weighted by molar-refractivity contribution is 5.06. The van der Waals surface area contributed by atoms with E-state index in [0.717, 1.165) is 30.8 Å². The molecule has 0 aromatic carbocycles. The Labute approximate surface area is 83.8 Å². The van der Waals surface area contributed by atoms with Crippen LogP contribution in [0, 0.1) is 13.8 Å². The van der Waals surface area contributed by atoms with Crippen molar-refractivity contribution >= 4 is 0 Å². The summed E-state index contributed by atoms with van der Waals surface area (Å²) in [6, 6.07) is 1.92. The highest BCUT2D eigenvalue weighted by atomic mass is 16.1. The summed E-state index contributed by atoms with van der Waals surface area (Å²) in [6.07, 6.45) is 1.88. The van der Waals surface area contributed by atoms with Gasteiger partial charge in [-0.2, -0.15) is 4.98 Å². The molecule has 1 rings (SSSR count). The maximum Gasteiger partial charge on any atom is 0.347 e. The number of hydrogen-bond acceptors (Lipinski definition) is 3. The summed E-state index contributed by atoms with van der Waals surface area (Å²) < 4.78 is 1.70. The third-order valence-corrected chi connectivity index (χ3v) is 2.18. The Morgan fingerprint density at radius 2 is 2.14 bits per heavy atom. The average molecular weight is 195 g/mol. The molecule has 1 aromatic heterocycles. The van der Waals surface area contributed by atoms with Gasteiger partial charge in [-0.1, -0.05) is 0 Å². The van der Waals surface area contributed by atoms with Crippen molar-refractivity contribution in [3.63, 3.8) is 0 Å². The Hall–Kier alpha value is -1.16. The van der Waals surface area contributed by atoms with Crippen LogP contribution in [0.2, 0.25) is 0 Å². The summed E-state index contributed by atoms with van der Waals surface area (Å²) in [6.45, 7) is 5.15. The summed E-state index contributed by atoms with van der Waals surface area (Å²) in [7, 11) is 0. The van der Waals surface area contributed by atoms with E-state index in [2.05, 4.69) is 4.98 Å². The quantitative estimate of drug-likeness (QED) is 0.716. The standard InChI is InChI=1S/C10H17N3O/c1-8-7-9(2)13(10(14)12-8)6-4-3-5-11/h7H,3-6,11H2,1-2H3. The van der Waals surface area contributed by atoms with Crippen LogP contribution >= 0.6 is 0 Å². The lowest BCUT2D eigenvalue weighted by atomic mass is 10.3. The fourth-order valence-electron chi connectivity index (χ4n) is 1.46. The zero-order chi connectivity index (χ0) is 10.6. The molecule has 78 valence electrons. The second-order valence-corrected chi connectivity index (χ2v) is 3.47. The van der Waals surface area contributed by atoms with Crippen molar-refractivity contribution in [2.24, 2.45) is 5.73 Å². The van der Waals surface area contributed by atoms with Crippen LogP contribution in [-0.2, 0) is 6.54 Å². The topological polar surface area (TPSA) is 60.9 Å². The number of aromatic nitrogens is 2. The van der Waals surface area contributed by atoms with Gasteiger partial charge in [0.25, 0.3) is 0 Å². The monoisotopic (exact) mass is 195 g/mol. The van der Waals surface area contributed by atoms with Crippen LogP contribution in [0.4, 0.5) is 0 Å². The zero-order valence-electron chi connectivity index (χ0n) is 8.79. The second-order valence-electron chi connectivity index (χ2n) is 3.47. The lowest BCUT2D eigenvalue weighted by Crippen LogP contribution is -2.25. The number of hydrogen-bond donors (Lipinski definition) is 1. The Balaban J connectivity index is 2.81. The van der Waals surface area contributed by atoms with Crippen molar-refractivity contribution in [1.82, 2.24) is 9.55 Å². The van der Waals surface area contributed by atoms with E-state index in [-0.39, 0.29) is 5.69 Å². The molecule has 0 saturated carbocycles. The fraction of sp³-hybridized carbons (Fsp3) is 0.600. The van der Waals surface area contributed by atoms with Crippen LogP contribution in [-0.4, -0.2) is 16.1 Å². The highest BCUT2D eigenvalue weighted by Gasteiger charge is 2.01. The second kappa shape index (κ2) is 4.91. The van der Waals surface area contributed by atoms with Gasteiger partial charge in [0.1, 0.15) is 0 Å². The van der Waals surface area contributed by atoms with Gasteiger partial charge in [0.15, 0.2) is 0 Å². The average Bonchev–Trinajstić information content (AvgIpc) is 2.09. The molecule has 14 heavy (non-hydrogen) atoms. The van der Waals surface area contributed by atoms with Crippen LogP contribution in [0.25, 0.3) is 0 Å². The summed E-state index contributed by atoms with van der Waals surface area (Å²) >= 11 is 0. The number of nitrogens with two attached hydrogens (primary N) is 1. The van der Waals surface area contributed by atoms with Gasteiger partial charge in [0.05, 0.1) is 0 Å². The molecule has 0 fully saturated rings. The van der Waals surface area contributed by atoms with Crippen molar-refractivity contribution in [3.8, 4) is 0 Å². The van der Waals surface area contributed by atoms with Gasteiger partial charge in [-0.3, -0.25) is 4.57 Å². The minimum absolute atomic E-state index is 0.153. The fourth-order valence-corrected chi connectivity index (χ4v) is 1.46. The molecule has 2 N–H and O–H groups in total. The molecule has 0 aliphatic heterocycles. The molecule has 4 heteroatoms. The van der Waals surface area contributed by atoms with E-state index in [0.29, 0.717) is 6.54 Å². The van der Waals surface area contributed by atoms with Crippen molar-refractivity contribution in [1.29, 1.82) is 0 Å². The summed E-state index contributed by atoms with van der Waals surface area (Å²) in [4.78, 5) is 15.4. The molecule has 0 amide bonds. The van der Waals surface area contributed by atoms with Crippen LogP contribution in [0.3, 0.4) is 0 Å². The lowest BCUT2D eigenvalue weighted by molar-refractivity contribution is 0.571. The van der Waals surface area contributed by atoms with Gasteiger partial charge < -0.3 is 5.73 Å². The molecule has 4 nitrogen and oxygen atoms in total. The molecule has 0 saturated heterocycles. The molecule has 0 aliphatic rings. The van der Waals surface area contributed by atoms with E-state index >= 15 is 0 Å². The van der Waals surface area contributed by atoms with Crippen LogP contribution in [0.1, 0.15) is 24.2 Å². The first kappa shape index (κ1) is 10.9. The Morgan fingerprint density at radius 1 is 1.43 bits per heavy atom. The maximum atomic E-state index is 11.5. The van der Waals surface area contributed by atoms with Gasteiger partial charge in [-0.15, -0.1) is 0 Å². The third-order valence-electron chi connectivity index (χ3n) is 2.18. The number of unbranched alkanes of at least 4 members (excludes halogenated alkanes) is 1. The SMILES string of the molecule is Cc1cc(C)n(CCCCN)c(=O)n1. The smallest absolute Gasteiger partial charge is 0.330 e. The molecule has 0 atom stereocenters. The zero-order valence-corrected chi connectivity index (χ0v) is 8.79. The summed E-state index contributed by atoms with van der Waals surface area (Å²) in [5.74, 6) is 0. The first-order valence-corrected chi connectivity index (χ1v) is 4.90. The highest BCUT2D eigenvalue weighted by Crippen LogP contribution is 1.99.